The number of primary amides is 1. The predicted octanol–water partition coefficient (Wildman–Crippen LogP) is 3.12. The van der Waals surface area contributed by atoms with E-state index < -0.39 is 11.8 Å². The van der Waals surface area contributed by atoms with Gasteiger partial charge in [-0.25, -0.2) is 0 Å². The summed E-state index contributed by atoms with van der Waals surface area (Å²) in [7, 11) is 0. The molecule has 0 bridgehead atoms. The smallest absolute Gasteiger partial charge is 0.224 e. The van der Waals surface area contributed by atoms with Gasteiger partial charge in [0.1, 0.15) is 11.5 Å². The Morgan fingerprint density at radius 2 is 1.80 bits per heavy atom. The third-order valence-electron chi connectivity index (χ3n) is 3.18. The van der Waals surface area contributed by atoms with Gasteiger partial charge in [-0.3, -0.25) is 4.79 Å². The van der Waals surface area contributed by atoms with Crippen molar-refractivity contribution < 1.29 is 15.0 Å². The van der Waals surface area contributed by atoms with Crippen molar-refractivity contribution in [1.82, 2.24) is 0 Å². The zero-order chi connectivity index (χ0) is 14.9. The third-order valence-corrected chi connectivity index (χ3v) is 4.02. The number of phenols is 2. The molecule has 0 radical (unpaired) electrons. The largest absolute Gasteiger partial charge is 0.507 e. The summed E-state index contributed by atoms with van der Waals surface area (Å²) >= 11 is 3.26. The lowest BCUT2D eigenvalue weighted by atomic mass is 9.90. The Bertz CT molecular complexity index is 656. The molecule has 1 amide bonds. The van der Waals surface area contributed by atoms with Gasteiger partial charge in [-0.05, 0) is 34.0 Å². The zero-order valence-electron chi connectivity index (χ0n) is 10.8. The molecular formula is C15H14BrNO3. The highest BCUT2D eigenvalue weighted by Gasteiger charge is 2.24. The molecule has 2 rings (SSSR count). The van der Waals surface area contributed by atoms with Crippen molar-refractivity contribution in [1.29, 1.82) is 0 Å². The van der Waals surface area contributed by atoms with E-state index in [9.17, 15) is 15.0 Å². The number of halogens is 1. The highest BCUT2D eigenvalue weighted by molar-refractivity contribution is 9.10. The Balaban J connectivity index is 2.79. The summed E-state index contributed by atoms with van der Waals surface area (Å²) in [5.74, 6) is -1.42. The number of aromatic hydroxyl groups is 2. The van der Waals surface area contributed by atoms with Crippen molar-refractivity contribution in [3.05, 3.63) is 46.4 Å². The van der Waals surface area contributed by atoms with Crippen LogP contribution < -0.4 is 5.73 Å². The Labute approximate surface area is 125 Å². The number of carbonyl (C=O) groups is 1. The first kappa shape index (κ1) is 14.4. The van der Waals surface area contributed by atoms with Gasteiger partial charge in [0.25, 0.3) is 0 Å². The number of hydrogen-bond acceptors (Lipinski definition) is 3. The fraction of sp³-hybridized carbons (Fsp3) is 0.133. The van der Waals surface area contributed by atoms with Crippen molar-refractivity contribution in [3.8, 4) is 22.6 Å². The SMILES string of the molecule is CC(C(N)=O)c1c(Br)c(O)cc(O)c1-c1ccccc1. The van der Waals surface area contributed by atoms with Crippen LogP contribution in [0.25, 0.3) is 11.1 Å². The Morgan fingerprint density at radius 1 is 1.20 bits per heavy atom. The van der Waals surface area contributed by atoms with Gasteiger partial charge < -0.3 is 15.9 Å². The minimum atomic E-state index is -0.655. The fourth-order valence-electron chi connectivity index (χ4n) is 2.11. The predicted molar refractivity (Wildman–Crippen MR) is 80.5 cm³/mol. The average molecular weight is 336 g/mol. The Morgan fingerprint density at radius 3 is 2.35 bits per heavy atom. The summed E-state index contributed by atoms with van der Waals surface area (Å²) < 4.78 is 0.362. The highest BCUT2D eigenvalue weighted by Crippen LogP contribution is 2.45. The molecule has 20 heavy (non-hydrogen) atoms. The maximum atomic E-state index is 11.5. The summed E-state index contributed by atoms with van der Waals surface area (Å²) in [5, 5.41) is 20.0. The van der Waals surface area contributed by atoms with Gasteiger partial charge in [0.05, 0.1) is 10.4 Å². The fourth-order valence-corrected chi connectivity index (χ4v) is 2.76. The highest BCUT2D eigenvalue weighted by atomic mass is 79.9. The number of phenolic OH excluding ortho intramolecular Hbond substituents is 2. The summed E-state index contributed by atoms with van der Waals surface area (Å²) in [6.07, 6.45) is 0. The van der Waals surface area contributed by atoms with E-state index in [1.165, 1.54) is 6.07 Å². The van der Waals surface area contributed by atoms with Crippen LogP contribution in [0.5, 0.6) is 11.5 Å². The topological polar surface area (TPSA) is 83.6 Å². The van der Waals surface area contributed by atoms with E-state index in [0.29, 0.717) is 15.6 Å². The molecule has 0 spiro atoms. The van der Waals surface area contributed by atoms with Crippen LogP contribution in [0.4, 0.5) is 0 Å². The lowest BCUT2D eigenvalue weighted by Crippen LogP contribution is -2.19. The number of nitrogens with two attached hydrogens (primary N) is 1. The molecule has 0 saturated carbocycles. The third kappa shape index (κ3) is 2.49. The van der Waals surface area contributed by atoms with Crippen molar-refractivity contribution in [2.45, 2.75) is 12.8 Å². The monoisotopic (exact) mass is 335 g/mol. The molecule has 0 heterocycles. The molecule has 0 saturated heterocycles. The summed E-state index contributed by atoms with van der Waals surface area (Å²) in [5.41, 5.74) is 7.07. The molecule has 2 aromatic carbocycles. The van der Waals surface area contributed by atoms with Crippen molar-refractivity contribution in [3.63, 3.8) is 0 Å². The molecule has 1 unspecified atom stereocenters. The molecule has 4 nitrogen and oxygen atoms in total. The van der Waals surface area contributed by atoms with Gasteiger partial charge in [-0.1, -0.05) is 30.3 Å². The van der Waals surface area contributed by atoms with E-state index in [4.69, 9.17) is 5.73 Å². The van der Waals surface area contributed by atoms with Crippen molar-refractivity contribution in [2.75, 3.05) is 0 Å². The minimum absolute atomic E-state index is 0.0972. The standard InChI is InChI=1S/C15H14BrNO3/c1-8(15(17)20)12-13(9-5-3-2-4-6-9)10(18)7-11(19)14(12)16/h2-8,18-19H,1H3,(H2,17,20). The van der Waals surface area contributed by atoms with Crippen molar-refractivity contribution in [2.24, 2.45) is 5.73 Å². The molecule has 4 N–H and O–H groups in total. The quantitative estimate of drug-likeness (QED) is 0.805. The van der Waals surface area contributed by atoms with Gasteiger partial charge >= 0.3 is 0 Å². The molecule has 0 fully saturated rings. The van der Waals surface area contributed by atoms with Gasteiger partial charge in [0, 0.05) is 11.6 Å². The number of benzene rings is 2. The van der Waals surface area contributed by atoms with E-state index in [1.54, 1.807) is 6.92 Å². The van der Waals surface area contributed by atoms with Crippen LogP contribution in [-0.4, -0.2) is 16.1 Å². The zero-order valence-corrected chi connectivity index (χ0v) is 12.4. The Kier molecular flexibility index (Phi) is 3.99. The molecule has 0 aliphatic heterocycles. The molecule has 1 atom stereocenters. The van der Waals surface area contributed by atoms with Crippen molar-refractivity contribution >= 4 is 21.8 Å². The molecule has 0 aromatic heterocycles. The number of amides is 1. The molecule has 0 aliphatic rings. The lowest BCUT2D eigenvalue weighted by molar-refractivity contribution is -0.119. The van der Waals surface area contributed by atoms with Crippen LogP contribution in [-0.2, 0) is 4.79 Å². The minimum Gasteiger partial charge on any atom is -0.507 e. The number of carbonyl (C=O) groups excluding carboxylic acids is 1. The van der Waals surface area contributed by atoms with E-state index >= 15 is 0 Å². The van der Waals surface area contributed by atoms with Gasteiger partial charge in [-0.2, -0.15) is 0 Å². The summed E-state index contributed by atoms with van der Waals surface area (Å²) in [6, 6.07) is 10.4. The lowest BCUT2D eigenvalue weighted by Gasteiger charge is -2.18. The van der Waals surface area contributed by atoms with Crippen LogP contribution in [0, 0.1) is 0 Å². The van der Waals surface area contributed by atoms with E-state index in [2.05, 4.69) is 15.9 Å². The van der Waals surface area contributed by atoms with E-state index in [1.807, 2.05) is 30.3 Å². The number of hydrogen-bond donors (Lipinski definition) is 3. The van der Waals surface area contributed by atoms with Crippen LogP contribution in [0.3, 0.4) is 0 Å². The normalized spacial score (nSPS) is 12.1. The van der Waals surface area contributed by atoms with E-state index in [-0.39, 0.29) is 11.5 Å². The molecule has 104 valence electrons. The summed E-state index contributed by atoms with van der Waals surface area (Å²) in [4.78, 5) is 11.5. The maximum absolute atomic E-state index is 11.5. The Hall–Kier alpha value is -2.01. The first-order valence-corrected chi connectivity index (χ1v) is 6.81. The van der Waals surface area contributed by atoms with Gasteiger partial charge in [0.2, 0.25) is 5.91 Å². The first-order valence-electron chi connectivity index (χ1n) is 6.02. The molecule has 0 aliphatic carbocycles. The second-order valence-corrected chi connectivity index (χ2v) is 5.30. The molecule has 2 aromatic rings. The van der Waals surface area contributed by atoms with Crippen LogP contribution in [0.1, 0.15) is 18.4 Å². The average Bonchev–Trinajstić information content (AvgIpc) is 2.42. The summed E-state index contributed by atoms with van der Waals surface area (Å²) in [6.45, 7) is 1.63. The van der Waals surface area contributed by atoms with Crippen LogP contribution in [0.15, 0.2) is 40.9 Å². The second kappa shape index (κ2) is 5.54. The van der Waals surface area contributed by atoms with Gasteiger partial charge in [-0.15, -0.1) is 0 Å². The second-order valence-electron chi connectivity index (χ2n) is 4.51. The molecule has 5 heteroatoms. The number of rotatable bonds is 3. The van der Waals surface area contributed by atoms with Gasteiger partial charge in [0.15, 0.2) is 0 Å². The first-order chi connectivity index (χ1) is 9.43. The maximum Gasteiger partial charge on any atom is 0.224 e. The van der Waals surface area contributed by atoms with Crippen LogP contribution >= 0.6 is 15.9 Å². The van der Waals surface area contributed by atoms with E-state index in [0.717, 1.165) is 5.56 Å². The van der Waals surface area contributed by atoms with Crippen LogP contribution in [0.2, 0.25) is 0 Å². The molecular weight excluding hydrogens is 322 g/mol.